The quantitative estimate of drug-likeness (QED) is 0.0515. The molecule has 41 heavy (non-hydrogen) atoms. The second-order valence-electron chi connectivity index (χ2n) is 11.5. The minimum absolute atomic E-state index is 0.0186. The number of hydrogen-bond acceptors (Lipinski definition) is 6. The van der Waals surface area contributed by atoms with Gasteiger partial charge in [-0.3, -0.25) is 14.4 Å². The van der Waals surface area contributed by atoms with E-state index in [9.17, 15) is 24.6 Å². The highest BCUT2D eigenvalue weighted by Crippen LogP contribution is 2.20. The van der Waals surface area contributed by atoms with Gasteiger partial charge in [0.2, 0.25) is 11.8 Å². The third-order valence-corrected chi connectivity index (χ3v) is 7.06. The number of rotatable bonds is 23. The van der Waals surface area contributed by atoms with E-state index in [4.69, 9.17) is 4.74 Å². The molecule has 0 heterocycles. The third kappa shape index (κ3) is 17.7. The zero-order chi connectivity index (χ0) is 30.3. The molecule has 232 valence electrons. The van der Waals surface area contributed by atoms with Crippen LogP contribution in [0.5, 0.6) is 5.75 Å². The van der Waals surface area contributed by atoms with Crippen LogP contribution in [0.3, 0.4) is 0 Å². The number of allylic oxidation sites excluding steroid dienone is 2. The number of carbonyl (C=O) groups is 3. The van der Waals surface area contributed by atoms with Gasteiger partial charge in [0.1, 0.15) is 11.9 Å². The summed E-state index contributed by atoms with van der Waals surface area (Å²) in [4.78, 5) is 36.3. The summed E-state index contributed by atoms with van der Waals surface area (Å²) >= 11 is 0. The van der Waals surface area contributed by atoms with Crippen molar-refractivity contribution in [2.45, 2.75) is 123 Å². The van der Waals surface area contributed by atoms with E-state index in [2.05, 4.69) is 29.7 Å². The van der Waals surface area contributed by atoms with E-state index < -0.39 is 17.4 Å². The highest BCUT2D eigenvalue weighted by atomic mass is 16.5. The predicted molar refractivity (Wildman–Crippen MR) is 165 cm³/mol. The number of unbranched alkanes of at least 4 members (excludes halogenated alkanes) is 11. The van der Waals surface area contributed by atoms with Gasteiger partial charge in [-0.05, 0) is 56.4 Å². The molecule has 1 atom stereocenters. The number of anilines is 1. The molecule has 2 amide bonds. The molecule has 1 aromatic rings. The summed E-state index contributed by atoms with van der Waals surface area (Å²) in [6.07, 6.45) is 19.4. The maximum absolute atomic E-state index is 12.1. The molecule has 4 N–H and O–H groups in total. The van der Waals surface area contributed by atoms with E-state index in [1.54, 1.807) is 38.1 Å². The van der Waals surface area contributed by atoms with Gasteiger partial charge in [-0.15, -0.1) is 0 Å². The molecule has 0 fully saturated rings. The second-order valence-corrected chi connectivity index (χ2v) is 11.5. The van der Waals surface area contributed by atoms with Crippen LogP contribution < -0.4 is 15.4 Å². The van der Waals surface area contributed by atoms with Crippen LogP contribution in [0.2, 0.25) is 0 Å². The Labute approximate surface area is 247 Å². The molecular weight excluding hydrogens is 520 g/mol. The van der Waals surface area contributed by atoms with Crippen molar-refractivity contribution in [3.63, 3.8) is 0 Å². The average molecular weight is 575 g/mol. The Bertz CT molecular complexity index is 897. The van der Waals surface area contributed by atoms with Crippen LogP contribution in [-0.4, -0.2) is 47.3 Å². The maximum atomic E-state index is 12.1. The normalized spacial score (nSPS) is 12.3. The minimum atomic E-state index is -1.37. The van der Waals surface area contributed by atoms with Gasteiger partial charge in [0.15, 0.2) is 0 Å². The molecule has 0 aliphatic carbocycles. The van der Waals surface area contributed by atoms with E-state index in [-0.39, 0.29) is 31.4 Å². The van der Waals surface area contributed by atoms with Gasteiger partial charge in [0, 0.05) is 30.5 Å². The van der Waals surface area contributed by atoms with Crippen LogP contribution in [0.15, 0.2) is 36.4 Å². The fraction of sp³-hybridized carbons (Fsp3) is 0.667. The van der Waals surface area contributed by atoms with Crippen molar-refractivity contribution in [2.24, 2.45) is 5.41 Å². The first kappa shape index (κ1) is 36.3. The molecule has 0 spiro atoms. The molecule has 0 radical (unpaired) electrons. The fourth-order valence-corrected chi connectivity index (χ4v) is 4.19. The van der Waals surface area contributed by atoms with Crippen LogP contribution in [0.25, 0.3) is 0 Å². The van der Waals surface area contributed by atoms with E-state index in [0.29, 0.717) is 17.9 Å². The van der Waals surface area contributed by atoms with Crippen molar-refractivity contribution >= 4 is 23.5 Å². The van der Waals surface area contributed by atoms with Crippen LogP contribution in [0.4, 0.5) is 5.69 Å². The zero-order valence-electron chi connectivity index (χ0n) is 25.6. The number of amides is 2. The van der Waals surface area contributed by atoms with Gasteiger partial charge in [0.25, 0.3) is 0 Å². The topological polar surface area (TPSA) is 125 Å². The lowest BCUT2D eigenvalue weighted by Crippen LogP contribution is -2.46. The van der Waals surface area contributed by atoms with Crippen molar-refractivity contribution in [2.75, 3.05) is 18.5 Å². The SMILES string of the molecule is CCCCCCCCC=CCCCCCCCC(=O)Oc1ccc(NC(=O)CCNC(=O)C(O)C(C)(C)CO)cc1. The first-order chi connectivity index (χ1) is 19.7. The molecule has 8 heteroatoms. The summed E-state index contributed by atoms with van der Waals surface area (Å²) in [7, 11) is 0. The smallest absolute Gasteiger partial charge is 0.311 e. The third-order valence-electron chi connectivity index (χ3n) is 7.06. The van der Waals surface area contributed by atoms with Crippen LogP contribution in [0, 0.1) is 5.41 Å². The highest BCUT2D eigenvalue weighted by Gasteiger charge is 2.32. The molecule has 0 bridgehead atoms. The van der Waals surface area contributed by atoms with Crippen LogP contribution in [-0.2, 0) is 14.4 Å². The van der Waals surface area contributed by atoms with E-state index in [1.165, 1.54) is 57.8 Å². The van der Waals surface area contributed by atoms with Crippen molar-refractivity contribution < 1.29 is 29.3 Å². The van der Waals surface area contributed by atoms with Crippen molar-refractivity contribution in [3.05, 3.63) is 36.4 Å². The lowest BCUT2D eigenvalue weighted by atomic mass is 9.87. The Hall–Kier alpha value is -2.71. The summed E-state index contributed by atoms with van der Waals surface area (Å²) in [5.74, 6) is -0.782. The highest BCUT2D eigenvalue weighted by molar-refractivity contribution is 5.91. The molecule has 0 saturated carbocycles. The second kappa shape index (κ2) is 22.0. The Morgan fingerprint density at radius 1 is 0.854 bits per heavy atom. The summed E-state index contributed by atoms with van der Waals surface area (Å²) in [5.41, 5.74) is -0.429. The molecule has 0 saturated heterocycles. The number of carbonyl (C=O) groups excluding carboxylic acids is 3. The standard InChI is InChI=1S/C33H54N2O6/c1-4-5-6-7-8-9-10-11-12-13-14-15-16-17-18-19-30(38)41-28-22-20-27(21-23-28)35-29(37)24-25-34-32(40)31(39)33(2,3)26-36/h11-12,20-23,31,36,39H,4-10,13-19,24-26H2,1-3H3,(H,34,40)(H,35,37). The lowest BCUT2D eigenvalue weighted by molar-refractivity contribution is -0.137. The largest absolute Gasteiger partial charge is 0.427 e. The molecule has 1 unspecified atom stereocenters. The zero-order valence-corrected chi connectivity index (χ0v) is 25.6. The van der Waals surface area contributed by atoms with Crippen molar-refractivity contribution in [1.82, 2.24) is 5.32 Å². The molecule has 8 nitrogen and oxygen atoms in total. The fourth-order valence-electron chi connectivity index (χ4n) is 4.19. The number of esters is 1. The summed E-state index contributed by atoms with van der Waals surface area (Å²) < 4.78 is 5.39. The Kier molecular flexibility index (Phi) is 19.5. The monoisotopic (exact) mass is 574 g/mol. The molecule has 0 aliphatic rings. The van der Waals surface area contributed by atoms with Gasteiger partial charge in [-0.1, -0.05) is 84.3 Å². The first-order valence-electron chi connectivity index (χ1n) is 15.5. The summed E-state index contributed by atoms with van der Waals surface area (Å²) in [6, 6.07) is 6.55. The number of hydrogen-bond donors (Lipinski definition) is 4. The van der Waals surface area contributed by atoms with E-state index in [1.807, 2.05) is 0 Å². The lowest BCUT2D eigenvalue weighted by Gasteiger charge is -2.27. The van der Waals surface area contributed by atoms with Crippen molar-refractivity contribution in [1.29, 1.82) is 0 Å². The van der Waals surface area contributed by atoms with Crippen LogP contribution >= 0.6 is 0 Å². The van der Waals surface area contributed by atoms with E-state index >= 15 is 0 Å². The molecular formula is C33H54N2O6. The van der Waals surface area contributed by atoms with E-state index in [0.717, 1.165) is 25.7 Å². The predicted octanol–water partition coefficient (Wildman–Crippen LogP) is 6.45. The molecule has 1 rings (SSSR count). The Morgan fingerprint density at radius 3 is 2.00 bits per heavy atom. The molecule has 1 aromatic carbocycles. The number of ether oxygens (including phenoxy) is 1. The summed E-state index contributed by atoms with van der Waals surface area (Å²) in [5, 5.41) is 24.4. The first-order valence-corrected chi connectivity index (χ1v) is 15.5. The van der Waals surface area contributed by atoms with Crippen molar-refractivity contribution in [3.8, 4) is 5.75 Å². The number of nitrogens with one attached hydrogen (secondary N) is 2. The van der Waals surface area contributed by atoms with Gasteiger partial charge >= 0.3 is 5.97 Å². The molecule has 0 aromatic heterocycles. The molecule has 0 aliphatic heterocycles. The number of benzene rings is 1. The Balaban J connectivity index is 2.11. The summed E-state index contributed by atoms with van der Waals surface area (Å²) in [6.45, 7) is 5.11. The average Bonchev–Trinajstić information content (AvgIpc) is 2.95. The van der Waals surface area contributed by atoms with Gasteiger partial charge in [0.05, 0.1) is 6.61 Å². The van der Waals surface area contributed by atoms with Gasteiger partial charge in [-0.25, -0.2) is 0 Å². The Morgan fingerprint density at radius 2 is 1.41 bits per heavy atom. The van der Waals surface area contributed by atoms with Gasteiger partial charge in [-0.2, -0.15) is 0 Å². The van der Waals surface area contributed by atoms with Crippen LogP contribution in [0.1, 0.15) is 117 Å². The number of aliphatic hydroxyl groups is 2. The number of aliphatic hydroxyl groups excluding tert-OH is 2. The minimum Gasteiger partial charge on any atom is -0.427 e. The van der Waals surface area contributed by atoms with Gasteiger partial charge < -0.3 is 25.6 Å². The maximum Gasteiger partial charge on any atom is 0.311 e.